The van der Waals surface area contributed by atoms with Gasteiger partial charge < -0.3 is 5.43 Å². The number of aromatic nitrogens is 1. The first-order valence-corrected chi connectivity index (χ1v) is 3.30. The first-order valence-electron chi connectivity index (χ1n) is 3.30. The molecule has 2 N–H and O–H groups in total. The molecule has 1 aromatic heterocycles. The molecule has 0 bridgehead atoms. The Balaban J connectivity index is 0.000000605. The van der Waals surface area contributed by atoms with E-state index in [0.717, 1.165) is 17.9 Å². The van der Waals surface area contributed by atoms with Gasteiger partial charge in [0.05, 0.1) is 17.9 Å². The number of pyridine rings is 1. The van der Waals surface area contributed by atoms with Crippen molar-refractivity contribution in [1.29, 1.82) is 0 Å². The second-order valence-corrected chi connectivity index (χ2v) is 2.49. The van der Waals surface area contributed by atoms with E-state index in [4.69, 9.17) is 0 Å². The van der Waals surface area contributed by atoms with Crippen molar-refractivity contribution in [2.45, 2.75) is 13.5 Å². The van der Waals surface area contributed by atoms with Crippen LogP contribution in [0.5, 0.6) is 0 Å². The molecule has 0 aromatic carbocycles. The van der Waals surface area contributed by atoms with Crippen LogP contribution in [0.25, 0.3) is 0 Å². The van der Waals surface area contributed by atoms with Crippen molar-refractivity contribution in [2.24, 2.45) is 0 Å². The molecule has 0 spiro atoms. The number of fused-ring (bicyclic) bond motifs is 1. The molecule has 3 nitrogen and oxygen atoms in total. The topological polar surface area (TPSA) is 37.0 Å². The average molecular weight is 137 g/mol. The van der Waals surface area contributed by atoms with Crippen molar-refractivity contribution in [3.63, 3.8) is 0 Å². The summed E-state index contributed by atoms with van der Waals surface area (Å²) < 4.78 is 0. The molecule has 3 heteroatoms. The van der Waals surface area contributed by atoms with E-state index < -0.39 is 0 Å². The normalized spacial score (nSPS) is 14.5. The quantitative estimate of drug-likeness (QED) is 0.561. The van der Waals surface area contributed by atoms with Crippen LogP contribution in [0, 0.1) is 6.92 Å². The molecular weight excluding hydrogens is 126 g/mol. The largest absolute Gasteiger partial charge is 0.319 e. The lowest BCUT2D eigenvalue weighted by Gasteiger charge is -1.96. The van der Waals surface area contributed by atoms with Crippen molar-refractivity contribution in [3.8, 4) is 0 Å². The van der Waals surface area contributed by atoms with E-state index in [1.807, 2.05) is 13.1 Å². The molecule has 0 saturated carbocycles. The minimum atomic E-state index is 0. The molecule has 1 aliphatic rings. The summed E-state index contributed by atoms with van der Waals surface area (Å²) in [6.45, 7) is 2.86. The number of anilines is 1. The highest BCUT2D eigenvalue weighted by Gasteiger charge is 2.08. The molecule has 0 aliphatic carbocycles. The predicted molar refractivity (Wildman–Crippen MR) is 41.6 cm³/mol. The van der Waals surface area contributed by atoms with Gasteiger partial charge in [0.2, 0.25) is 0 Å². The van der Waals surface area contributed by atoms with Crippen LogP contribution in [0.1, 0.15) is 12.7 Å². The van der Waals surface area contributed by atoms with Crippen LogP contribution < -0.4 is 10.9 Å². The molecule has 0 radical (unpaired) electrons. The summed E-state index contributed by atoms with van der Waals surface area (Å²) in [4.78, 5) is 4.23. The van der Waals surface area contributed by atoms with Crippen molar-refractivity contribution in [2.75, 3.05) is 5.43 Å². The van der Waals surface area contributed by atoms with Crippen molar-refractivity contribution >= 4 is 5.69 Å². The lowest BCUT2D eigenvalue weighted by Crippen LogP contribution is -2.10. The zero-order valence-electron chi connectivity index (χ0n) is 5.81. The lowest BCUT2D eigenvalue weighted by molar-refractivity contribution is 0.841. The summed E-state index contributed by atoms with van der Waals surface area (Å²) in [5.41, 5.74) is 9.43. The molecule has 0 saturated heterocycles. The third-order valence-electron chi connectivity index (χ3n) is 1.59. The summed E-state index contributed by atoms with van der Waals surface area (Å²) in [6.07, 6.45) is 1.88. The first kappa shape index (κ1) is 5.68. The number of aryl methyl sites for hydroxylation is 1. The first-order chi connectivity index (χ1) is 4.86. The third kappa shape index (κ3) is 0.752. The molecule has 2 rings (SSSR count). The van der Waals surface area contributed by atoms with Crippen molar-refractivity contribution in [3.05, 3.63) is 23.5 Å². The van der Waals surface area contributed by atoms with Gasteiger partial charge in [0.25, 0.3) is 0 Å². The predicted octanol–water partition coefficient (Wildman–Crippen LogP) is 1.07. The van der Waals surface area contributed by atoms with E-state index >= 15 is 0 Å². The number of hydrogen-bond donors (Lipinski definition) is 2. The van der Waals surface area contributed by atoms with Crippen LogP contribution >= 0.6 is 0 Å². The molecular formula is C7H11N3. The summed E-state index contributed by atoms with van der Waals surface area (Å²) in [5.74, 6) is 0. The van der Waals surface area contributed by atoms with Gasteiger partial charge in [0, 0.05) is 7.62 Å². The van der Waals surface area contributed by atoms with E-state index in [1.54, 1.807) is 0 Å². The van der Waals surface area contributed by atoms with E-state index in [-0.39, 0.29) is 1.43 Å². The van der Waals surface area contributed by atoms with Crippen LogP contribution in [-0.2, 0) is 6.54 Å². The zero-order valence-corrected chi connectivity index (χ0v) is 5.81. The number of rotatable bonds is 0. The van der Waals surface area contributed by atoms with Crippen LogP contribution in [0.4, 0.5) is 5.69 Å². The van der Waals surface area contributed by atoms with Gasteiger partial charge in [-0.25, -0.2) is 5.43 Å². The van der Waals surface area contributed by atoms with E-state index in [2.05, 4.69) is 21.9 Å². The number of hydrazine groups is 1. The van der Waals surface area contributed by atoms with Crippen LogP contribution in [0.15, 0.2) is 12.3 Å². The minimum Gasteiger partial charge on any atom is -0.319 e. The Morgan fingerprint density at radius 2 is 2.60 bits per heavy atom. The number of nitrogens with one attached hydrogen (secondary N) is 2. The van der Waals surface area contributed by atoms with Gasteiger partial charge in [0.1, 0.15) is 0 Å². The van der Waals surface area contributed by atoms with Crippen LogP contribution in [0.2, 0.25) is 0 Å². The smallest absolute Gasteiger partial charge is 0.0804 e. The van der Waals surface area contributed by atoms with E-state index in [9.17, 15) is 0 Å². The van der Waals surface area contributed by atoms with Crippen LogP contribution in [-0.4, -0.2) is 4.98 Å². The highest BCUT2D eigenvalue weighted by Crippen LogP contribution is 2.17. The molecule has 1 aromatic rings. The molecule has 0 amide bonds. The minimum absolute atomic E-state index is 0. The molecule has 0 unspecified atom stereocenters. The van der Waals surface area contributed by atoms with Gasteiger partial charge >= 0.3 is 0 Å². The average Bonchev–Trinajstić information content (AvgIpc) is 2.33. The standard InChI is InChI=1S/C7H9N3.H2/c1-5-2-6-7(8-3-5)4-9-10-6;/h2-3,9-10H,4H2,1H3;1H. The Morgan fingerprint density at radius 3 is 3.50 bits per heavy atom. The second kappa shape index (κ2) is 1.95. The molecule has 1 aliphatic heterocycles. The lowest BCUT2D eigenvalue weighted by atomic mass is 10.2. The summed E-state index contributed by atoms with van der Waals surface area (Å²) in [7, 11) is 0. The molecule has 0 fully saturated rings. The molecule has 54 valence electrons. The second-order valence-electron chi connectivity index (χ2n) is 2.49. The maximum absolute atomic E-state index is 4.23. The van der Waals surface area contributed by atoms with Gasteiger partial charge in [-0.05, 0) is 18.6 Å². The van der Waals surface area contributed by atoms with Gasteiger partial charge in [-0.3, -0.25) is 4.98 Å². The third-order valence-corrected chi connectivity index (χ3v) is 1.59. The summed E-state index contributed by atoms with van der Waals surface area (Å²) in [6, 6.07) is 2.09. The molecule has 2 heterocycles. The van der Waals surface area contributed by atoms with Gasteiger partial charge in [-0.2, -0.15) is 0 Å². The Morgan fingerprint density at radius 1 is 1.70 bits per heavy atom. The number of hydrogen-bond acceptors (Lipinski definition) is 3. The zero-order chi connectivity index (χ0) is 6.97. The fourth-order valence-corrected chi connectivity index (χ4v) is 1.07. The molecule has 10 heavy (non-hydrogen) atoms. The van der Waals surface area contributed by atoms with Gasteiger partial charge in [-0.15, -0.1) is 0 Å². The van der Waals surface area contributed by atoms with E-state index in [0.29, 0.717) is 0 Å². The Kier molecular flexibility index (Phi) is 1.11. The van der Waals surface area contributed by atoms with Crippen LogP contribution in [0.3, 0.4) is 0 Å². The van der Waals surface area contributed by atoms with Gasteiger partial charge in [0.15, 0.2) is 0 Å². The fraction of sp³-hybridized carbons (Fsp3) is 0.286. The Bertz CT molecular complexity index is 262. The highest BCUT2D eigenvalue weighted by atomic mass is 15.4. The van der Waals surface area contributed by atoms with Gasteiger partial charge in [-0.1, -0.05) is 0 Å². The maximum Gasteiger partial charge on any atom is 0.0804 e. The maximum atomic E-state index is 4.23. The Hall–Kier alpha value is -1.09. The fourth-order valence-electron chi connectivity index (χ4n) is 1.07. The van der Waals surface area contributed by atoms with E-state index in [1.165, 1.54) is 5.56 Å². The number of nitrogens with zero attached hydrogens (tertiary/aromatic N) is 1. The van der Waals surface area contributed by atoms with Crippen molar-refractivity contribution < 1.29 is 1.43 Å². The SMILES string of the molecule is Cc1cnc2c(c1)NNC2.[HH]. The van der Waals surface area contributed by atoms with Crippen molar-refractivity contribution in [1.82, 2.24) is 10.4 Å². The Labute approximate surface area is 60.9 Å². The molecule has 0 atom stereocenters. The summed E-state index contributed by atoms with van der Waals surface area (Å²) >= 11 is 0. The highest BCUT2D eigenvalue weighted by molar-refractivity contribution is 5.51. The monoisotopic (exact) mass is 137 g/mol. The summed E-state index contributed by atoms with van der Waals surface area (Å²) in [5, 5.41) is 0.